The van der Waals surface area contributed by atoms with E-state index < -0.39 is 0 Å². The van der Waals surface area contributed by atoms with Crippen LogP contribution in [0.25, 0.3) is 10.8 Å². The standard InChI is InChI=1S/C16H16O2/c17-16(18-11-12-5-6-12)10-13-7-8-14-3-1-2-4-15(14)9-13/h1-4,7-9,12H,5-6,10-11H2. The van der Waals surface area contributed by atoms with Gasteiger partial charge in [-0.15, -0.1) is 0 Å². The summed E-state index contributed by atoms with van der Waals surface area (Å²) in [7, 11) is 0. The molecule has 0 amide bonds. The van der Waals surface area contributed by atoms with Gasteiger partial charge in [0.25, 0.3) is 0 Å². The van der Waals surface area contributed by atoms with Gasteiger partial charge in [-0.05, 0) is 35.1 Å². The Morgan fingerprint density at radius 2 is 1.89 bits per heavy atom. The first-order valence-electron chi connectivity index (χ1n) is 6.44. The van der Waals surface area contributed by atoms with Gasteiger partial charge in [-0.3, -0.25) is 4.79 Å². The Morgan fingerprint density at radius 1 is 1.11 bits per heavy atom. The molecular formula is C16H16O2. The van der Waals surface area contributed by atoms with Crippen molar-refractivity contribution in [3.63, 3.8) is 0 Å². The van der Waals surface area contributed by atoms with E-state index in [9.17, 15) is 4.79 Å². The first-order chi connectivity index (χ1) is 8.81. The largest absolute Gasteiger partial charge is 0.465 e. The van der Waals surface area contributed by atoms with Gasteiger partial charge in [0.1, 0.15) is 0 Å². The van der Waals surface area contributed by atoms with Crippen LogP contribution in [0.2, 0.25) is 0 Å². The maximum absolute atomic E-state index is 11.7. The predicted molar refractivity (Wildman–Crippen MR) is 71.3 cm³/mol. The van der Waals surface area contributed by atoms with Crippen LogP contribution in [-0.2, 0) is 16.0 Å². The van der Waals surface area contributed by atoms with Gasteiger partial charge in [0.15, 0.2) is 0 Å². The number of rotatable bonds is 4. The number of benzene rings is 2. The molecule has 2 nitrogen and oxygen atoms in total. The molecule has 2 aromatic rings. The number of hydrogen-bond donors (Lipinski definition) is 0. The van der Waals surface area contributed by atoms with Crippen molar-refractivity contribution >= 4 is 16.7 Å². The fourth-order valence-corrected chi connectivity index (χ4v) is 2.06. The lowest BCUT2D eigenvalue weighted by molar-refractivity contribution is -0.143. The Morgan fingerprint density at radius 3 is 2.67 bits per heavy atom. The Bertz CT molecular complexity index is 570. The number of carbonyl (C=O) groups is 1. The zero-order valence-corrected chi connectivity index (χ0v) is 10.3. The molecule has 0 radical (unpaired) electrons. The van der Waals surface area contributed by atoms with Crippen LogP contribution in [0.3, 0.4) is 0 Å². The van der Waals surface area contributed by atoms with Crippen molar-refractivity contribution in [2.24, 2.45) is 5.92 Å². The summed E-state index contributed by atoms with van der Waals surface area (Å²) in [6, 6.07) is 14.3. The molecule has 0 unspecified atom stereocenters. The maximum Gasteiger partial charge on any atom is 0.310 e. The normalized spacial score (nSPS) is 14.7. The van der Waals surface area contributed by atoms with E-state index in [0.717, 1.165) is 5.56 Å². The third-order valence-electron chi connectivity index (χ3n) is 3.34. The second-order valence-corrected chi connectivity index (χ2v) is 4.98. The van der Waals surface area contributed by atoms with E-state index in [1.54, 1.807) is 0 Å². The molecule has 0 bridgehead atoms. The van der Waals surface area contributed by atoms with E-state index in [-0.39, 0.29) is 5.97 Å². The summed E-state index contributed by atoms with van der Waals surface area (Å²) < 4.78 is 5.24. The first-order valence-corrected chi connectivity index (χ1v) is 6.44. The topological polar surface area (TPSA) is 26.3 Å². The second kappa shape index (κ2) is 4.81. The third-order valence-corrected chi connectivity index (χ3v) is 3.34. The van der Waals surface area contributed by atoms with Gasteiger partial charge >= 0.3 is 5.97 Å². The molecule has 0 aliphatic heterocycles. The number of carbonyl (C=O) groups excluding carboxylic acids is 1. The molecule has 1 saturated carbocycles. The highest BCUT2D eigenvalue weighted by molar-refractivity contribution is 5.84. The Balaban J connectivity index is 1.67. The van der Waals surface area contributed by atoms with Crippen LogP contribution in [0.5, 0.6) is 0 Å². The minimum absolute atomic E-state index is 0.114. The molecule has 0 aromatic heterocycles. The van der Waals surface area contributed by atoms with Crippen LogP contribution < -0.4 is 0 Å². The van der Waals surface area contributed by atoms with Crippen LogP contribution >= 0.6 is 0 Å². The molecule has 2 heteroatoms. The van der Waals surface area contributed by atoms with Gasteiger partial charge in [0, 0.05) is 0 Å². The summed E-state index contributed by atoms with van der Waals surface area (Å²) in [6.07, 6.45) is 2.80. The molecule has 18 heavy (non-hydrogen) atoms. The quantitative estimate of drug-likeness (QED) is 0.766. The van der Waals surface area contributed by atoms with Crippen molar-refractivity contribution in [1.82, 2.24) is 0 Å². The van der Waals surface area contributed by atoms with Crippen LogP contribution in [-0.4, -0.2) is 12.6 Å². The number of esters is 1. The molecule has 0 heterocycles. The summed E-state index contributed by atoms with van der Waals surface area (Å²) in [4.78, 5) is 11.7. The molecule has 3 rings (SSSR count). The van der Waals surface area contributed by atoms with Crippen molar-refractivity contribution in [2.75, 3.05) is 6.61 Å². The summed E-state index contributed by atoms with van der Waals surface area (Å²) >= 11 is 0. The summed E-state index contributed by atoms with van der Waals surface area (Å²) in [5, 5.41) is 2.37. The smallest absolute Gasteiger partial charge is 0.310 e. The monoisotopic (exact) mass is 240 g/mol. The maximum atomic E-state index is 11.7. The van der Waals surface area contributed by atoms with Gasteiger partial charge in [0.05, 0.1) is 13.0 Å². The molecule has 1 aliphatic rings. The molecule has 0 atom stereocenters. The number of ether oxygens (including phenoxy) is 1. The molecule has 1 aliphatic carbocycles. The van der Waals surface area contributed by atoms with Gasteiger partial charge < -0.3 is 4.74 Å². The lowest BCUT2D eigenvalue weighted by atomic mass is 10.1. The van der Waals surface area contributed by atoms with Crippen LogP contribution in [0.4, 0.5) is 0 Å². The molecule has 2 aromatic carbocycles. The van der Waals surface area contributed by atoms with Gasteiger partial charge in [-0.1, -0.05) is 42.5 Å². The SMILES string of the molecule is O=C(Cc1ccc2ccccc2c1)OCC1CC1. The third kappa shape index (κ3) is 2.70. The Kier molecular flexibility index (Phi) is 3.01. The van der Waals surface area contributed by atoms with Crippen molar-refractivity contribution < 1.29 is 9.53 Å². The van der Waals surface area contributed by atoms with Crippen LogP contribution in [0.15, 0.2) is 42.5 Å². The number of fused-ring (bicyclic) bond motifs is 1. The lowest BCUT2D eigenvalue weighted by Gasteiger charge is -2.05. The Hall–Kier alpha value is -1.83. The van der Waals surface area contributed by atoms with Crippen LogP contribution in [0, 0.1) is 5.92 Å². The van der Waals surface area contributed by atoms with Crippen molar-refractivity contribution in [3.05, 3.63) is 48.0 Å². The zero-order chi connectivity index (χ0) is 12.4. The van der Waals surface area contributed by atoms with E-state index in [1.165, 1.54) is 23.6 Å². The first kappa shape index (κ1) is 11.3. The van der Waals surface area contributed by atoms with Crippen molar-refractivity contribution in [1.29, 1.82) is 0 Å². The molecule has 0 N–H and O–H groups in total. The number of hydrogen-bond acceptors (Lipinski definition) is 2. The molecule has 0 spiro atoms. The summed E-state index contributed by atoms with van der Waals surface area (Å²) in [6.45, 7) is 0.604. The summed E-state index contributed by atoms with van der Waals surface area (Å²) in [5.74, 6) is 0.516. The highest BCUT2D eigenvalue weighted by Crippen LogP contribution is 2.28. The predicted octanol–water partition coefficient (Wildman–Crippen LogP) is 3.34. The Labute approximate surface area is 107 Å². The lowest BCUT2D eigenvalue weighted by Crippen LogP contribution is -2.09. The average molecular weight is 240 g/mol. The average Bonchev–Trinajstić information content (AvgIpc) is 3.20. The zero-order valence-electron chi connectivity index (χ0n) is 10.3. The molecular weight excluding hydrogens is 224 g/mol. The van der Waals surface area contributed by atoms with Gasteiger partial charge in [0.2, 0.25) is 0 Å². The second-order valence-electron chi connectivity index (χ2n) is 4.98. The van der Waals surface area contributed by atoms with Crippen molar-refractivity contribution in [2.45, 2.75) is 19.3 Å². The van der Waals surface area contributed by atoms with Gasteiger partial charge in [-0.2, -0.15) is 0 Å². The van der Waals surface area contributed by atoms with Gasteiger partial charge in [-0.25, -0.2) is 0 Å². The van der Waals surface area contributed by atoms with E-state index in [0.29, 0.717) is 18.9 Å². The van der Waals surface area contributed by atoms with Crippen LogP contribution in [0.1, 0.15) is 18.4 Å². The van der Waals surface area contributed by atoms with Crippen molar-refractivity contribution in [3.8, 4) is 0 Å². The minimum atomic E-state index is -0.114. The highest BCUT2D eigenvalue weighted by atomic mass is 16.5. The molecule has 1 fully saturated rings. The fourth-order valence-electron chi connectivity index (χ4n) is 2.06. The summed E-state index contributed by atoms with van der Waals surface area (Å²) in [5.41, 5.74) is 1.02. The van der Waals surface area contributed by atoms with E-state index in [2.05, 4.69) is 24.3 Å². The highest BCUT2D eigenvalue weighted by Gasteiger charge is 2.22. The minimum Gasteiger partial charge on any atom is -0.465 e. The molecule has 92 valence electrons. The van der Waals surface area contributed by atoms with E-state index in [1.807, 2.05) is 18.2 Å². The molecule has 0 saturated heterocycles. The van der Waals surface area contributed by atoms with E-state index in [4.69, 9.17) is 4.74 Å². The van der Waals surface area contributed by atoms with E-state index >= 15 is 0 Å². The fraction of sp³-hybridized carbons (Fsp3) is 0.312.